The molecule has 2 aliphatic carbocycles. The van der Waals surface area contributed by atoms with Gasteiger partial charge < -0.3 is 25.8 Å². The van der Waals surface area contributed by atoms with Crippen molar-refractivity contribution >= 4 is 39.5 Å². The van der Waals surface area contributed by atoms with E-state index < -0.39 is 39.7 Å². The molecule has 13 heteroatoms. The van der Waals surface area contributed by atoms with E-state index in [2.05, 4.69) is 16.0 Å². The quantitative estimate of drug-likeness (QED) is 0.259. The number of aliphatic hydroxyl groups excluding tert-OH is 1. The van der Waals surface area contributed by atoms with Gasteiger partial charge >= 0.3 is 6.09 Å². The van der Waals surface area contributed by atoms with Crippen molar-refractivity contribution in [1.82, 2.24) is 20.3 Å². The Morgan fingerprint density at radius 1 is 1.09 bits per heavy atom. The van der Waals surface area contributed by atoms with Gasteiger partial charge in [0.25, 0.3) is 0 Å². The van der Waals surface area contributed by atoms with E-state index in [0.717, 1.165) is 56.9 Å². The second-order valence-electron chi connectivity index (χ2n) is 14.4. The first-order chi connectivity index (χ1) is 22.4. The van der Waals surface area contributed by atoms with Crippen molar-refractivity contribution in [3.63, 3.8) is 0 Å². The van der Waals surface area contributed by atoms with E-state index in [0.29, 0.717) is 49.7 Å². The van der Waals surface area contributed by atoms with E-state index in [1.807, 2.05) is 24.3 Å². The number of carbonyl (C=O) groups excluding carboxylic acids is 3. The van der Waals surface area contributed by atoms with Crippen molar-refractivity contribution in [2.45, 2.75) is 114 Å². The Hall–Kier alpha value is -2.41. The molecular formula is C34H51ClN4O7S. The van der Waals surface area contributed by atoms with E-state index in [1.54, 1.807) is 0 Å². The maximum atomic E-state index is 13.7. The fraction of sp³-hybridized carbons (Fsp3) is 0.735. The lowest BCUT2D eigenvalue weighted by Crippen LogP contribution is -2.52. The maximum Gasteiger partial charge on any atom is 0.408 e. The molecule has 4 fully saturated rings. The van der Waals surface area contributed by atoms with Crippen molar-refractivity contribution in [3.8, 4) is 0 Å². The fourth-order valence-electron chi connectivity index (χ4n) is 8.23. The van der Waals surface area contributed by atoms with Crippen LogP contribution in [0.4, 0.5) is 4.79 Å². The van der Waals surface area contributed by atoms with Gasteiger partial charge in [0.05, 0.1) is 18.9 Å². The molecule has 262 valence electrons. The third-order valence-corrected chi connectivity index (χ3v) is 12.4. The number of benzene rings is 1. The molecule has 0 radical (unpaired) electrons. The zero-order valence-electron chi connectivity index (χ0n) is 27.4. The second-order valence-corrected chi connectivity index (χ2v) is 16.8. The standard InChI is InChI=1S/C34H51ClN4O7S/c1-47(44,45)39-15-13-34(14-16-39)21-26(31(41)38-34)20-28(22-40)36-32(42)29(19-23-7-3-2-4-8-23)37-33(43)46-30-12-6-10-25(30)17-24-9-5-11-27(35)18-24/h5,9,11,18,23,25-26,28-30,40H,2-4,6-8,10,12-17,19-22H2,1H3,(H,36,42)(H,37,43)(H,38,41)/t25?,26?,28?,29-,30?/m0/s1. The van der Waals surface area contributed by atoms with E-state index in [4.69, 9.17) is 16.3 Å². The molecule has 11 nitrogen and oxygen atoms in total. The second kappa shape index (κ2) is 15.9. The van der Waals surface area contributed by atoms with Crippen molar-refractivity contribution in [2.24, 2.45) is 17.8 Å². The van der Waals surface area contributed by atoms with E-state index in [1.165, 1.54) is 17.0 Å². The molecule has 4 unspecified atom stereocenters. The van der Waals surface area contributed by atoms with Gasteiger partial charge in [-0.05, 0) is 81.4 Å². The number of aliphatic hydroxyl groups is 1. The van der Waals surface area contributed by atoms with Gasteiger partial charge in [-0.2, -0.15) is 0 Å². The van der Waals surface area contributed by atoms with Crippen molar-refractivity contribution in [3.05, 3.63) is 34.9 Å². The minimum Gasteiger partial charge on any atom is -0.446 e. The zero-order chi connectivity index (χ0) is 33.6. The summed E-state index contributed by atoms with van der Waals surface area (Å²) in [5.41, 5.74) is 0.622. The molecule has 2 saturated heterocycles. The van der Waals surface area contributed by atoms with E-state index in [-0.39, 0.29) is 36.9 Å². The number of ether oxygens (including phenoxy) is 1. The van der Waals surface area contributed by atoms with Crippen LogP contribution in [0.1, 0.15) is 89.0 Å². The number of halogens is 1. The summed E-state index contributed by atoms with van der Waals surface area (Å²) in [4.78, 5) is 40.0. The lowest BCUT2D eigenvalue weighted by molar-refractivity contribution is -0.126. The van der Waals surface area contributed by atoms with Crippen LogP contribution in [0, 0.1) is 17.8 Å². The highest BCUT2D eigenvalue weighted by molar-refractivity contribution is 7.88. The van der Waals surface area contributed by atoms with Crippen LogP contribution in [0.5, 0.6) is 0 Å². The number of amides is 3. The summed E-state index contributed by atoms with van der Waals surface area (Å²) in [6.07, 6.45) is 11.4. The summed E-state index contributed by atoms with van der Waals surface area (Å²) in [7, 11) is -3.29. The Labute approximate surface area is 283 Å². The highest BCUT2D eigenvalue weighted by Gasteiger charge is 2.47. The molecule has 0 bridgehead atoms. The molecule has 47 heavy (non-hydrogen) atoms. The van der Waals surface area contributed by atoms with Gasteiger partial charge in [-0.15, -0.1) is 0 Å². The number of hydrogen-bond donors (Lipinski definition) is 4. The molecule has 4 N–H and O–H groups in total. The van der Waals surface area contributed by atoms with Crippen molar-refractivity contribution < 1.29 is 32.6 Å². The van der Waals surface area contributed by atoms with Crippen LogP contribution >= 0.6 is 11.6 Å². The van der Waals surface area contributed by atoms with E-state index in [9.17, 15) is 27.9 Å². The SMILES string of the molecule is CS(=O)(=O)N1CCC2(CC1)CC(CC(CO)NC(=O)[C@H](CC1CCCCC1)NC(=O)OC1CCCC1Cc1cccc(Cl)c1)C(=O)N2. The zero-order valence-corrected chi connectivity index (χ0v) is 29.0. The van der Waals surface area contributed by atoms with Gasteiger partial charge in [0.1, 0.15) is 12.1 Å². The molecule has 2 aliphatic heterocycles. The smallest absolute Gasteiger partial charge is 0.408 e. The first-order valence-corrected chi connectivity index (χ1v) is 19.6. The summed E-state index contributed by atoms with van der Waals surface area (Å²) >= 11 is 6.18. The maximum absolute atomic E-state index is 13.7. The molecule has 5 atom stereocenters. The third-order valence-electron chi connectivity index (χ3n) is 10.8. The highest BCUT2D eigenvalue weighted by atomic mass is 35.5. The first kappa shape index (κ1) is 35.9. The minimum atomic E-state index is -3.29. The molecule has 2 saturated carbocycles. The lowest BCUT2D eigenvalue weighted by atomic mass is 9.82. The van der Waals surface area contributed by atoms with Crippen LogP contribution in [0.15, 0.2) is 24.3 Å². The van der Waals surface area contributed by atoms with Crippen LogP contribution in [-0.4, -0.2) is 85.4 Å². The molecule has 4 aliphatic rings. The Balaban J connectivity index is 1.18. The van der Waals surface area contributed by atoms with Gasteiger partial charge in [-0.3, -0.25) is 9.59 Å². The number of rotatable bonds is 12. The van der Waals surface area contributed by atoms with E-state index >= 15 is 0 Å². The Bertz CT molecular complexity index is 1360. The van der Waals surface area contributed by atoms with Crippen LogP contribution in [0.3, 0.4) is 0 Å². The molecular weight excluding hydrogens is 644 g/mol. The summed E-state index contributed by atoms with van der Waals surface area (Å²) < 4.78 is 31.3. The Morgan fingerprint density at radius 2 is 1.83 bits per heavy atom. The van der Waals surface area contributed by atoms with Gasteiger partial charge in [-0.25, -0.2) is 17.5 Å². The number of carbonyl (C=O) groups is 3. The van der Waals surface area contributed by atoms with Crippen LogP contribution in [-0.2, 0) is 30.8 Å². The van der Waals surface area contributed by atoms with Crippen LogP contribution in [0.25, 0.3) is 0 Å². The molecule has 5 rings (SSSR count). The molecule has 2 heterocycles. The normalized spacial score (nSPS) is 26.4. The predicted molar refractivity (Wildman–Crippen MR) is 179 cm³/mol. The summed E-state index contributed by atoms with van der Waals surface area (Å²) in [5, 5.41) is 19.8. The number of nitrogens with one attached hydrogen (secondary N) is 3. The third kappa shape index (κ3) is 9.83. The van der Waals surface area contributed by atoms with Crippen molar-refractivity contribution in [2.75, 3.05) is 26.0 Å². The predicted octanol–water partition coefficient (Wildman–Crippen LogP) is 3.91. The molecule has 0 aromatic heterocycles. The molecule has 1 spiro atoms. The van der Waals surface area contributed by atoms with Gasteiger partial charge in [0.2, 0.25) is 21.8 Å². The molecule has 1 aromatic carbocycles. The van der Waals surface area contributed by atoms with Crippen LogP contribution in [0.2, 0.25) is 5.02 Å². The largest absolute Gasteiger partial charge is 0.446 e. The number of nitrogens with zero attached hydrogens (tertiary/aromatic N) is 1. The van der Waals surface area contributed by atoms with Gasteiger partial charge in [0, 0.05) is 35.5 Å². The average molecular weight is 695 g/mol. The fourth-order valence-corrected chi connectivity index (χ4v) is 9.29. The number of hydrogen-bond acceptors (Lipinski definition) is 7. The summed E-state index contributed by atoms with van der Waals surface area (Å²) in [6.45, 7) is 0.343. The monoisotopic (exact) mass is 694 g/mol. The van der Waals surface area contributed by atoms with Gasteiger partial charge in [-0.1, -0.05) is 55.8 Å². The highest BCUT2D eigenvalue weighted by Crippen LogP contribution is 2.37. The minimum absolute atomic E-state index is 0.144. The Kier molecular flexibility index (Phi) is 12.1. The average Bonchev–Trinajstić information content (AvgIpc) is 3.58. The Morgan fingerprint density at radius 3 is 2.51 bits per heavy atom. The van der Waals surface area contributed by atoms with Crippen LogP contribution < -0.4 is 16.0 Å². The van der Waals surface area contributed by atoms with Crippen molar-refractivity contribution in [1.29, 1.82) is 0 Å². The molecule has 1 aromatic rings. The lowest BCUT2D eigenvalue weighted by Gasteiger charge is -2.38. The number of piperidine rings is 1. The number of sulfonamides is 1. The first-order valence-electron chi connectivity index (χ1n) is 17.3. The van der Waals surface area contributed by atoms with Gasteiger partial charge in [0.15, 0.2) is 0 Å². The summed E-state index contributed by atoms with van der Waals surface area (Å²) in [6, 6.07) is 6.23. The number of alkyl carbamates (subject to hydrolysis) is 1. The summed E-state index contributed by atoms with van der Waals surface area (Å²) in [5.74, 6) is -0.487. The molecule has 3 amide bonds. The topological polar surface area (TPSA) is 154 Å².